The maximum atomic E-state index is 12.4. The number of fused-ring (bicyclic) bond motifs is 3. The molecule has 1 aromatic heterocycles. The van der Waals surface area contributed by atoms with E-state index in [0.29, 0.717) is 10.9 Å². The lowest BCUT2D eigenvalue weighted by molar-refractivity contribution is 0.0620. The van der Waals surface area contributed by atoms with Crippen molar-refractivity contribution in [1.82, 2.24) is 20.4 Å². The summed E-state index contributed by atoms with van der Waals surface area (Å²) >= 11 is 2.90. The number of hydrogen-bond donors (Lipinski definition) is 1. The Morgan fingerprint density at radius 1 is 1.22 bits per heavy atom. The summed E-state index contributed by atoms with van der Waals surface area (Å²) < 4.78 is 0.801. The number of carbonyl (C=O) groups excluding carboxylic acids is 1. The Bertz CT molecular complexity index is 682. The van der Waals surface area contributed by atoms with Gasteiger partial charge < -0.3 is 10.2 Å². The van der Waals surface area contributed by atoms with Crippen molar-refractivity contribution in [3.8, 4) is 0 Å². The molecule has 3 saturated heterocycles. The van der Waals surface area contributed by atoms with Crippen molar-refractivity contribution in [1.29, 1.82) is 0 Å². The fourth-order valence-corrected chi connectivity index (χ4v) is 5.04. The van der Waals surface area contributed by atoms with Crippen LogP contribution in [0.1, 0.15) is 22.6 Å². The van der Waals surface area contributed by atoms with E-state index >= 15 is 0 Å². The second kappa shape index (κ2) is 6.59. The minimum absolute atomic E-state index is 0.0823. The molecule has 3 aliphatic rings. The Hall–Kier alpha value is -1.44. The lowest BCUT2D eigenvalue weighted by atomic mass is 9.84. The molecule has 5 nitrogen and oxygen atoms in total. The number of benzene rings is 1. The number of hydrogen-bond acceptors (Lipinski definition) is 6. The van der Waals surface area contributed by atoms with Crippen LogP contribution in [0, 0.1) is 5.92 Å². The van der Waals surface area contributed by atoms with Crippen LogP contribution < -0.4 is 5.32 Å². The van der Waals surface area contributed by atoms with Crippen LogP contribution in [0.15, 0.2) is 39.6 Å². The van der Waals surface area contributed by atoms with Gasteiger partial charge in [-0.25, -0.2) is 0 Å². The topological polar surface area (TPSA) is 58.1 Å². The molecular weight excluding hydrogens is 328 g/mol. The monoisotopic (exact) mass is 346 g/mol. The van der Waals surface area contributed by atoms with Gasteiger partial charge in [0.25, 0.3) is 5.91 Å². The van der Waals surface area contributed by atoms with Crippen LogP contribution >= 0.6 is 23.1 Å². The van der Waals surface area contributed by atoms with E-state index in [4.69, 9.17) is 0 Å². The molecule has 1 amide bonds. The zero-order valence-electron chi connectivity index (χ0n) is 12.6. The molecule has 1 N–H and O–H groups in total. The summed E-state index contributed by atoms with van der Waals surface area (Å²) in [5, 5.41) is 11.8. The largest absolute Gasteiger partial charge is 0.346 e. The van der Waals surface area contributed by atoms with Gasteiger partial charge in [-0.15, -0.1) is 10.2 Å². The van der Waals surface area contributed by atoms with Gasteiger partial charge in [0.2, 0.25) is 5.01 Å². The van der Waals surface area contributed by atoms with Gasteiger partial charge in [-0.3, -0.25) is 4.79 Å². The third-order valence-electron chi connectivity index (χ3n) is 4.52. The molecule has 5 rings (SSSR count). The van der Waals surface area contributed by atoms with Crippen molar-refractivity contribution >= 4 is 29.0 Å². The summed E-state index contributed by atoms with van der Waals surface area (Å²) in [6.07, 6.45) is 2.38. The van der Waals surface area contributed by atoms with Gasteiger partial charge in [-0.05, 0) is 44.0 Å². The molecule has 0 saturated carbocycles. The van der Waals surface area contributed by atoms with Gasteiger partial charge in [-0.1, -0.05) is 41.3 Å². The summed E-state index contributed by atoms with van der Waals surface area (Å²) in [6, 6.07) is 10.3. The van der Waals surface area contributed by atoms with Gasteiger partial charge in [0.1, 0.15) is 0 Å². The van der Waals surface area contributed by atoms with Crippen molar-refractivity contribution in [3.63, 3.8) is 0 Å². The molecule has 2 bridgehead atoms. The van der Waals surface area contributed by atoms with E-state index in [1.807, 2.05) is 30.3 Å². The highest BCUT2D eigenvalue weighted by atomic mass is 32.2. The number of aromatic nitrogens is 2. The van der Waals surface area contributed by atoms with Crippen molar-refractivity contribution < 1.29 is 4.79 Å². The van der Waals surface area contributed by atoms with Gasteiger partial charge in [0, 0.05) is 17.5 Å². The van der Waals surface area contributed by atoms with Crippen LogP contribution in [0.5, 0.6) is 0 Å². The number of amides is 1. The molecule has 2 aromatic rings. The van der Waals surface area contributed by atoms with E-state index in [1.54, 1.807) is 11.8 Å². The average Bonchev–Trinajstić information content (AvgIpc) is 3.05. The first-order valence-corrected chi connectivity index (χ1v) is 9.51. The second-order valence-corrected chi connectivity index (χ2v) is 8.30. The molecular formula is C16H18N4OS2. The summed E-state index contributed by atoms with van der Waals surface area (Å²) in [4.78, 5) is 16.0. The Morgan fingerprint density at radius 3 is 2.70 bits per heavy atom. The molecule has 7 heteroatoms. The maximum absolute atomic E-state index is 12.4. The van der Waals surface area contributed by atoms with Crippen molar-refractivity contribution in [3.05, 3.63) is 35.3 Å². The molecule has 120 valence electrons. The molecule has 1 aromatic carbocycles. The molecule has 3 aliphatic heterocycles. The summed E-state index contributed by atoms with van der Waals surface area (Å²) in [5.41, 5.74) is 0. The predicted molar refractivity (Wildman–Crippen MR) is 90.9 cm³/mol. The van der Waals surface area contributed by atoms with Crippen LogP contribution in [0.2, 0.25) is 0 Å². The van der Waals surface area contributed by atoms with Gasteiger partial charge >= 0.3 is 0 Å². The van der Waals surface area contributed by atoms with Crippen LogP contribution in [0.25, 0.3) is 0 Å². The van der Waals surface area contributed by atoms with E-state index in [9.17, 15) is 4.79 Å². The quantitative estimate of drug-likeness (QED) is 0.922. The van der Waals surface area contributed by atoms with Gasteiger partial charge in [-0.2, -0.15) is 0 Å². The smallest absolute Gasteiger partial charge is 0.282 e. The molecule has 0 unspecified atom stereocenters. The highest BCUT2D eigenvalue weighted by molar-refractivity contribution is 8.01. The Kier molecular flexibility index (Phi) is 4.33. The highest BCUT2D eigenvalue weighted by Crippen LogP contribution is 2.31. The van der Waals surface area contributed by atoms with E-state index in [-0.39, 0.29) is 11.9 Å². The fourth-order valence-electron chi connectivity index (χ4n) is 3.29. The Balaban J connectivity index is 1.39. The number of nitrogens with one attached hydrogen (secondary N) is 1. The number of piperidine rings is 3. The molecule has 0 radical (unpaired) electrons. The summed E-state index contributed by atoms with van der Waals surface area (Å²) in [5.74, 6) is 0.538. The van der Waals surface area contributed by atoms with E-state index in [0.717, 1.165) is 15.8 Å². The first-order valence-electron chi connectivity index (χ1n) is 7.87. The highest BCUT2D eigenvalue weighted by Gasteiger charge is 2.35. The van der Waals surface area contributed by atoms with Crippen molar-refractivity contribution in [2.75, 3.05) is 19.6 Å². The van der Waals surface area contributed by atoms with Crippen LogP contribution in [0.3, 0.4) is 0 Å². The lowest BCUT2D eigenvalue weighted by Crippen LogP contribution is -2.57. The van der Waals surface area contributed by atoms with E-state index < -0.39 is 0 Å². The minimum Gasteiger partial charge on any atom is -0.346 e. The average molecular weight is 346 g/mol. The van der Waals surface area contributed by atoms with Crippen LogP contribution in [-0.2, 0) is 0 Å². The van der Waals surface area contributed by atoms with Gasteiger partial charge in [0.05, 0.1) is 0 Å². The van der Waals surface area contributed by atoms with Gasteiger partial charge in [0.15, 0.2) is 4.34 Å². The van der Waals surface area contributed by atoms with Crippen molar-refractivity contribution in [2.24, 2.45) is 5.92 Å². The predicted octanol–water partition coefficient (Wildman–Crippen LogP) is 2.51. The fraction of sp³-hybridized carbons (Fsp3) is 0.438. The minimum atomic E-state index is -0.0823. The first kappa shape index (κ1) is 15.1. The standard InChI is InChI=1S/C16H18N4OS2/c21-14(17-13-10-20-8-6-11(13)7-9-20)15-18-19-16(23-15)22-12-4-2-1-3-5-12/h1-5,11,13H,6-10H2,(H,17,21)/t13-/m0/s1. The summed E-state index contributed by atoms with van der Waals surface area (Å²) in [6.45, 7) is 3.32. The van der Waals surface area contributed by atoms with E-state index in [2.05, 4.69) is 20.4 Å². The second-order valence-electron chi connectivity index (χ2n) is 6.01. The molecule has 3 fully saturated rings. The maximum Gasteiger partial charge on any atom is 0.282 e. The van der Waals surface area contributed by atoms with Crippen LogP contribution in [-0.4, -0.2) is 46.7 Å². The number of carbonyl (C=O) groups is 1. The Morgan fingerprint density at radius 2 is 2.00 bits per heavy atom. The Labute approximate surface area is 143 Å². The zero-order chi connectivity index (χ0) is 15.6. The number of nitrogens with zero attached hydrogens (tertiary/aromatic N) is 3. The third-order valence-corrected chi connectivity index (χ3v) is 6.50. The van der Waals surface area contributed by atoms with E-state index in [1.165, 1.54) is 37.3 Å². The molecule has 4 heterocycles. The molecule has 1 atom stereocenters. The van der Waals surface area contributed by atoms with Crippen molar-refractivity contribution in [2.45, 2.75) is 28.1 Å². The lowest BCUT2D eigenvalue weighted by Gasteiger charge is -2.44. The summed E-state index contributed by atoms with van der Waals surface area (Å²) in [7, 11) is 0. The first-order chi connectivity index (χ1) is 11.3. The zero-order valence-corrected chi connectivity index (χ0v) is 14.3. The number of rotatable bonds is 4. The molecule has 23 heavy (non-hydrogen) atoms. The molecule has 0 aliphatic carbocycles. The SMILES string of the molecule is O=C(N[C@H]1CN2CCC1CC2)c1nnc(Sc2ccccc2)s1. The van der Waals surface area contributed by atoms with Crippen LogP contribution in [0.4, 0.5) is 0 Å². The third kappa shape index (κ3) is 3.41. The molecule has 0 spiro atoms. The normalized spacial score (nSPS) is 26.2.